The van der Waals surface area contributed by atoms with Crippen molar-refractivity contribution in [1.82, 2.24) is 9.13 Å². The first-order valence-corrected chi connectivity index (χ1v) is 23.3. The molecule has 1 aliphatic heterocycles. The van der Waals surface area contributed by atoms with E-state index in [4.69, 9.17) is 4.42 Å². The Hall–Kier alpha value is -6.98. The van der Waals surface area contributed by atoms with E-state index in [0.29, 0.717) is 0 Å². The van der Waals surface area contributed by atoms with Crippen molar-refractivity contribution in [3.8, 4) is 22.5 Å². The molecule has 1 radical (unpaired) electrons. The van der Waals surface area contributed by atoms with Crippen LogP contribution in [-0.4, -0.2) is 16.4 Å². The molecule has 0 saturated carbocycles. The first-order chi connectivity index (χ1) is 31.4. The minimum atomic E-state index is 0.0460. The number of rotatable bonds is 4. The van der Waals surface area contributed by atoms with Crippen LogP contribution in [0.3, 0.4) is 0 Å². The lowest BCUT2D eigenvalue weighted by atomic mass is 9.61. The van der Waals surface area contributed by atoms with Crippen LogP contribution in [-0.2, 0) is 16.2 Å². The van der Waals surface area contributed by atoms with E-state index in [-0.39, 0.29) is 16.2 Å². The van der Waals surface area contributed by atoms with E-state index in [0.717, 1.165) is 63.4 Å². The third-order valence-corrected chi connectivity index (χ3v) is 15.2. The number of hydrogen-bond donors (Lipinski definition) is 1. The number of furan rings is 1. The summed E-state index contributed by atoms with van der Waals surface area (Å²) < 4.78 is 12.3. The number of aromatic nitrogens is 2. The molecule has 0 spiro atoms. The molecule has 11 aromatic rings. The fraction of sp³-hybridized carbons (Fsp3) is 0.200. The van der Waals surface area contributed by atoms with Crippen molar-refractivity contribution in [1.29, 1.82) is 0 Å². The van der Waals surface area contributed by atoms with Gasteiger partial charge in [0.2, 0.25) is 7.28 Å². The maximum absolute atomic E-state index is 7.19. The summed E-state index contributed by atoms with van der Waals surface area (Å²) in [4.78, 5) is 0. The van der Waals surface area contributed by atoms with E-state index in [2.05, 4.69) is 222 Å². The smallest absolute Gasteiger partial charge is 0.247 e. The second-order valence-electron chi connectivity index (χ2n) is 21.1. The Labute approximate surface area is 380 Å². The topological polar surface area (TPSA) is 35.0 Å². The SMILES string of the molecule is CC(C)(C)c1ccc(Nc2ccccc2-c2cc(-n3c4ccccc4c4ccccc43)c3c4c5ccccc5ccc4n4c3c2[B]c2oc3cc5c(cc3c2-4)C(C)(C)CCC5(C)C)cc1. The van der Waals surface area contributed by atoms with Gasteiger partial charge in [-0.1, -0.05) is 146 Å². The number of nitrogens with one attached hydrogen (secondary N) is 1. The Morgan fingerprint density at radius 3 is 1.91 bits per heavy atom. The van der Waals surface area contributed by atoms with Gasteiger partial charge in [0.1, 0.15) is 5.58 Å². The zero-order valence-corrected chi connectivity index (χ0v) is 38.2. The largest absolute Gasteiger partial charge is 0.469 e. The number of fused-ring (bicyclic) bond motifs is 13. The lowest BCUT2D eigenvalue weighted by Crippen LogP contribution is -2.36. The fourth-order valence-electron chi connectivity index (χ4n) is 11.6. The predicted molar refractivity (Wildman–Crippen MR) is 277 cm³/mol. The Morgan fingerprint density at radius 2 is 1.20 bits per heavy atom. The summed E-state index contributed by atoms with van der Waals surface area (Å²) in [6, 6.07) is 56.5. The van der Waals surface area contributed by atoms with Crippen LogP contribution in [0.25, 0.3) is 87.9 Å². The van der Waals surface area contributed by atoms with Crippen LogP contribution in [0.1, 0.15) is 78.0 Å². The molecule has 8 aromatic carbocycles. The molecule has 65 heavy (non-hydrogen) atoms. The number of hydrogen-bond acceptors (Lipinski definition) is 2. The standard InChI is InChI=1S/C60H51BN3O/c1-58(2,3)36-25-27-37(28-26-36)62-46-21-13-10-18-39(46)42-33-50(63-47-22-14-11-19-40(47)41-20-12-15-23-48(41)63)53-52-38-17-9-8-16-35(38)24-29-49(52)64-55-43-32-44-45(60(6,7)31-30-59(44,4)5)34-51(43)65-57(55)61-54(42)56(53)64/h8-29,32-34,62H,30-31H2,1-7H3. The van der Waals surface area contributed by atoms with E-state index >= 15 is 0 Å². The molecule has 2 aliphatic rings. The molecule has 4 heterocycles. The van der Waals surface area contributed by atoms with Crippen molar-refractivity contribution >= 4 is 95.1 Å². The molecule has 3 aromatic heterocycles. The first-order valence-electron chi connectivity index (χ1n) is 23.3. The fourth-order valence-corrected chi connectivity index (χ4v) is 11.6. The number of nitrogens with zero attached hydrogens (tertiary/aromatic N) is 2. The highest BCUT2D eigenvalue weighted by Crippen LogP contribution is 2.50. The highest BCUT2D eigenvalue weighted by Gasteiger charge is 2.40. The number of anilines is 2. The van der Waals surface area contributed by atoms with Crippen LogP contribution >= 0.6 is 0 Å². The average molecular weight is 841 g/mol. The van der Waals surface area contributed by atoms with E-state index in [9.17, 15) is 0 Å². The van der Waals surface area contributed by atoms with Gasteiger partial charge in [-0.15, -0.1) is 0 Å². The quantitative estimate of drug-likeness (QED) is 0.179. The van der Waals surface area contributed by atoms with Gasteiger partial charge in [0.25, 0.3) is 0 Å². The minimum Gasteiger partial charge on any atom is -0.469 e. The molecule has 0 fully saturated rings. The second-order valence-corrected chi connectivity index (χ2v) is 21.1. The molecule has 0 amide bonds. The van der Waals surface area contributed by atoms with Crippen LogP contribution in [0.15, 0.2) is 156 Å². The summed E-state index contributed by atoms with van der Waals surface area (Å²) in [5.41, 5.74) is 18.7. The highest BCUT2D eigenvalue weighted by atomic mass is 16.3. The van der Waals surface area contributed by atoms with Gasteiger partial charge in [-0.05, 0) is 122 Å². The maximum atomic E-state index is 7.19. The van der Waals surface area contributed by atoms with Gasteiger partial charge in [-0.3, -0.25) is 0 Å². The summed E-state index contributed by atoms with van der Waals surface area (Å²) >= 11 is 0. The third kappa shape index (κ3) is 5.51. The van der Waals surface area contributed by atoms with Gasteiger partial charge in [0, 0.05) is 43.9 Å². The van der Waals surface area contributed by atoms with Crippen molar-refractivity contribution in [2.24, 2.45) is 0 Å². The Bertz CT molecular complexity index is 3760. The minimum absolute atomic E-state index is 0.0460. The van der Waals surface area contributed by atoms with E-state index in [1.165, 1.54) is 76.5 Å². The molecule has 5 heteroatoms. The van der Waals surface area contributed by atoms with E-state index < -0.39 is 0 Å². The molecule has 315 valence electrons. The number of benzene rings is 8. The monoisotopic (exact) mass is 840 g/mol. The third-order valence-electron chi connectivity index (χ3n) is 15.2. The van der Waals surface area contributed by atoms with Crippen LogP contribution in [0, 0.1) is 0 Å². The van der Waals surface area contributed by atoms with Crippen LogP contribution in [0.5, 0.6) is 0 Å². The van der Waals surface area contributed by atoms with Gasteiger partial charge < -0.3 is 18.9 Å². The van der Waals surface area contributed by atoms with Crippen molar-refractivity contribution in [2.45, 2.75) is 77.6 Å². The lowest BCUT2D eigenvalue weighted by molar-refractivity contribution is 0.332. The van der Waals surface area contributed by atoms with Crippen molar-refractivity contribution in [3.05, 3.63) is 168 Å². The Kier molecular flexibility index (Phi) is 7.87. The predicted octanol–water partition coefficient (Wildman–Crippen LogP) is 14.8. The zero-order valence-electron chi connectivity index (χ0n) is 38.2. The Balaban J connectivity index is 1.19. The van der Waals surface area contributed by atoms with Crippen LogP contribution in [0.4, 0.5) is 11.4 Å². The van der Waals surface area contributed by atoms with Crippen LogP contribution in [0.2, 0.25) is 0 Å². The van der Waals surface area contributed by atoms with Crippen molar-refractivity contribution in [2.75, 3.05) is 5.32 Å². The first kappa shape index (κ1) is 38.5. The van der Waals surface area contributed by atoms with Gasteiger partial charge in [0.05, 0.1) is 39.1 Å². The summed E-state index contributed by atoms with van der Waals surface area (Å²) in [6.45, 7) is 16.4. The van der Waals surface area contributed by atoms with E-state index in [1.54, 1.807) is 0 Å². The molecule has 0 unspecified atom stereocenters. The molecule has 0 atom stereocenters. The summed E-state index contributed by atoms with van der Waals surface area (Å²) in [5, 5.41) is 12.5. The van der Waals surface area contributed by atoms with Gasteiger partial charge in [-0.2, -0.15) is 0 Å². The summed E-state index contributed by atoms with van der Waals surface area (Å²) in [5.74, 6) is 0. The maximum Gasteiger partial charge on any atom is 0.247 e. The van der Waals surface area contributed by atoms with Gasteiger partial charge >= 0.3 is 0 Å². The molecule has 4 nitrogen and oxygen atoms in total. The molecular weight excluding hydrogens is 789 g/mol. The van der Waals surface area contributed by atoms with Crippen LogP contribution < -0.4 is 16.4 Å². The van der Waals surface area contributed by atoms with Crippen molar-refractivity contribution < 1.29 is 4.42 Å². The zero-order chi connectivity index (χ0) is 44.1. The molecular formula is C60H51BN3O. The molecule has 0 saturated heterocycles. The highest BCUT2D eigenvalue weighted by molar-refractivity contribution is 6.73. The normalized spacial score (nSPS) is 15.2. The average Bonchev–Trinajstić information content (AvgIpc) is 3.96. The summed E-state index contributed by atoms with van der Waals surface area (Å²) in [6.07, 6.45) is 2.30. The lowest BCUT2D eigenvalue weighted by Gasteiger charge is -2.41. The molecule has 0 bridgehead atoms. The van der Waals surface area contributed by atoms with Gasteiger partial charge in [-0.25, -0.2) is 0 Å². The summed E-state index contributed by atoms with van der Waals surface area (Å²) in [7, 11) is 2.36. The Morgan fingerprint density at radius 1 is 0.569 bits per heavy atom. The second kappa shape index (κ2) is 13.3. The van der Waals surface area contributed by atoms with Gasteiger partial charge in [0.15, 0.2) is 0 Å². The van der Waals surface area contributed by atoms with Crippen molar-refractivity contribution in [3.63, 3.8) is 0 Å². The molecule has 1 aliphatic carbocycles. The number of para-hydroxylation sites is 3. The van der Waals surface area contributed by atoms with E-state index in [1.807, 2.05) is 0 Å². The molecule has 13 rings (SSSR count). The molecule has 1 N–H and O–H groups in total.